The van der Waals surface area contributed by atoms with E-state index >= 15 is 0 Å². The first kappa shape index (κ1) is 18.0. The van der Waals surface area contributed by atoms with Crippen LogP contribution in [0.25, 0.3) is 0 Å². The van der Waals surface area contributed by atoms with Crippen LogP contribution in [0.4, 0.5) is 26.3 Å². The average molecular weight is 346 g/mol. The van der Waals surface area contributed by atoms with E-state index in [0.29, 0.717) is 6.07 Å². The number of esters is 2. The van der Waals surface area contributed by atoms with Crippen LogP contribution in [0.2, 0.25) is 0 Å². The molecule has 0 saturated carbocycles. The highest BCUT2D eigenvalue weighted by atomic mass is 32.2. The lowest BCUT2D eigenvalue weighted by atomic mass is 10.2. The maximum absolute atomic E-state index is 12.1. The van der Waals surface area contributed by atoms with Gasteiger partial charge in [0.15, 0.2) is 0 Å². The lowest BCUT2D eigenvalue weighted by Gasteiger charge is -2.07. The topological polar surface area (TPSA) is 60.4 Å². The highest BCUT2D eigenvalue weighted by Crippen LogP contribution is 2.29. The third kappa shape index (κ3) is 5.06. The summed E-state index contributed by atoms with van der Waals surface area (Å²) in [5, 5.41) is -2.18. The standard InChI is InChI=1S/C11H4F6O4S/c12-10(13,14)8(19)21-7(18)5-2-1-3-6(4-5)22-9(20)11(15,16)17/h1-4H. The first-order valence-corrected chi connectivity index (χ1v) is 5.95. The molecule has 0 spiro atoms. The van der Waals surface area contributed by atoms with Crippen LogP contribution in [-0.4, -0.2) is 29.4 Å². The molecule has 0 heterocycles. The third-order valence-corrected chi connectivity index (χ3v) is 2.84. The van der Waals surface area contributed by atoms with Crippen molar-refractivity contribution < 1.29 is 45.5 Å². The van der Waals surface area contributed by atoms with Crippen molar-refractivity contribution >= 4 is 28.8 Å². The second-order valence-corrected chi connectivity index (χ2v) is 4.64. The van der Waals surface area contributed by atoms with Gasteiger partial charge in [-0.05, 0) is 30.0 Å². The first-order valence-electron chi connectivity index (χ1n) is 5.13. The van der Waals surface area contributed by atoms with Gasteiger partial charge in [-0.25, -0.2) is 9.59 Å². The average Bonchev–Trinajstić information content (AvgIpc) is 2.36. The molecule has 0 N–H and O–H groups in total. The van der Waals surface area contributed by atoms with Gasteiger partial charge < -0.3 is 4.74 Å². The Kier molecular flexibility index (Phi) is 5.22. The number of hydrogen-bond acceptors (Lipinski definition) is 5. The number of hydrogen-bond donors (Lipinski definition) is 0. The zero-order valence-electron chi connectivity index (χ0n) is 10.1. The number of rotatable bonds is 2. The molecule has 1 aromatic carbocycles. The monoisotopic (exact) mass is 346 g/mol. The Bertz CT molecular complexity index is 607. The Morgan fingerprint density at radius 2 is 1.55 bits per heavy atom. The maximum atomic E-state index is 12.1. The van der Waals surface area contributed by atoms with Gasteiger partial charge in [-0.3, -0.25) is 4.79 Å². The summed E-state index contributed by atoms with van der Waals surface area (Å²) in [6, 6.07) is 3.64. The summed E-state index contributed by atoms with van der Waals surface area (Å²) in [7, 11) is 0. The van der Waals surface area contributed by atoms with Crippen LogP contribution in [-0.2, 0) is 14.3 Å². The van der Waals surface area contributed by atoms with E-state index in [4.69, 9.17) is 0 Å². The molecule has 1 aromatic rings. The van der Waals surface area contributed by atoms with Crippen molar-refractivity contribution in [1.82, 2.24) is 0 Å². The van der Waals surface area contributed by atoms with E-state index in [-0.39, 0.29) is 16.7 Å². The van der Waals surface area contributed by atoms with Crippen molar-refractivity contribution in [3.63, 3.8) is 0 Å². The molecular formula is C11H4F6O4S. The lowest BCUT2D eigenvalue weighted by molar-refractivity contribution is -0.193. The Balaban J connectivity index is 2.86. The molecule has 0 amide bonds. The Hall–Kier alpha value is -2.04. The second-order valence-electron chi connectivity index (χ2n) is 3.59. The number of benzene rings is 1. The second kappa shape index (κ2) is 6.38. The predicted molar refractivity (Wildman–Crippen MR) is 59.8 cm³/mol. The number of alkyl halides is 6. The minimum absolute atomic E-state index is 0.272. The van der Waals surface area contributed by atoms with Gasteiger partial charge >= 0.3 is 24.3 Å². The van der Waals surface area contributed by atoms with E-state index < -0.39 is 35.0 Å². The SMILES string of the molecule is O=C(OC(=O)C(F)(F)F)c1cccc(SC(=O)C(F)(F)F)c1. The molecule has 4 nitrogen and oxygen atoms in total. The number of halogens is 6. The summed E-state index contributed by atoms with van der Waals surface area (Å²) >= 11 is -0.272. The van der Waals surface area contributed by atoms with Crippen LogP contribution in [0, 0.1) is 0 Å². The number of carbonyl (C=O) groups is 3. The van der Waals surface area contributed by atoms with Gasteiger partial charge in [0.2, 0.25) is 0 Å². The summed E-state index contributed by atoms with van der Waals surface area (Å²) in [6.45, 7) is 0. The van der Waals surface area contributed by atoms with Gasteiger partial charge in [-0.2, -0.15) is 26.3 Å². The molecule has 22 heavy (non-hydrogen) atoms. The van der Waals surface area contributed by atoms with Gasteiger partial charge in [-0.15, -0.1) is 0 Å². The summed E-state index contributed by atoms with van der Waals surface area (Å²) in [5.41, 5.74) is -0.613. The van der Waals surface area contributed by atoms with Crippen LogP contribution in [0.1, 0.15) is 10.4 Å². The molecule has 0 aliphatic heterocycles. The van der Waals surface area contributed by atoms with Gasteiger partial charge in [0.1, 0.15) is 0 Å². The zero-order valence-corrected chi connectivity index (χ0v) is 10.9. The molecule has 0 aliphatic rings. The molecule has 120 valence electrons. The first-order chi connectivity index (χ1) is 9.91. The molecule has 11 heteroatoms. The Labute approximate surface area is 122 Å². The predicted octanol–water partition coefficient (Wildman–Crippen LogP) is 3.11. The maximum Gasteiger partial charge on any atom is 0.491 e. The zero-order chi connectivity index (χ0) is 17.1. The number of thioether (sulfide) groups is 1. The smallest absolute Gasteiger partial charge is 0.383 e. The van der Waals surface area contributed by atoms with Gasteiger partial charge in [0.25, 0.3) is 5.12 Å². The van der Waals surface area contributed by atoms with Crippen molar-refractivity contribution in [1.29, 1.82) is 0 Å². The van der Waals surface area contributed by atoms with Gasteiger partial charge in [-0.1, -0.05) is 6.07 Å². The van der Waals surface area contributed by atoms with Crippen molar-refractivity contribution in [3.8, 4) is 0 Å². The number of ether oxygens (including phenoxy) is 1. The summed E-state index contributed by atoms with van der Waals surface area (Å²) in [4.78, 5) is 32.1. The molecule has 0 saturated heterocycles. The van der Waals surface area contributed by atoms with Crippen LogP contribution in [0.3, 0.4) is 0 Å². The molecule has 0 bridgehead atoms. The quantitative estimate of drug-likeness (QED) is 0.356. The van der Waals surface area contributed by atoms with E-state index in [1.807, 2.05) is 0 Å². The summed E-state index contributed by atoms with van der Waals surface area (Å²) < 4.78 is 75.4. The van der Waals surface area contributed by atoms with Crippen LogP contribution in [0.5, 0.6) is 0 Å². The minimum Gasteiger partial charge on any atom is -0.383 e. The van der Waals surface area contributed by atoms with E-state index in [0.717, 1.165) is 18.2 Å². The van der Waals surface area contributed by atoms with Crippen molar-refractivity contribution in [2.75, 3.05) is 0 Å². The largest absolute Gasteiger partial charge is 0.491 e. The fraction of sp³-hybridized carbons (Fsp3) is 0.182. The van der Waals surface area contributed by atoms with Crippen LogP contribution in [0.15, 0.2) is 29.2 Å². The van der Waals surface area contributed by atoms with E-state index in [2.05, 4.69) is 4.74 Å². The van der Waals surface area contributed by atoms with Crippen molar-refractivity contribution in [2.45, 2.75) is 17.2 Å². The molecule has 0 fully saturated rings. The minimum atomic E-state index is -5.39. The molecule has 0 radical (unpaired) electrons. The Morgan fingerprint density at radius 1 is 0.955 bits per heavy atom. The van der Waals surface area contributed by atoms with E-state index in [1.165, 1.54) is 0 Å². The summed E-state index contributed by atoms with van der Waals surface area (Å²) in [6.07, 6.45) is -10.5. The third-order valence-electron chi connectivity index (χ3n) is 1.93. The van der Waals surface area contributed by atoms with E-state index in [9.17, 15) is 40.7 Å². The molecule has 0 unspecified atom stereocenters. The lowest BCUT2D eigenvalue weighted by Crippen LogP contribution is -2.28. The van der Waals surface area contributed by atoms with Gasteiger partial charge in [0, 0.05) is 4.90 Å². The van der Waals surface area contributed by atoms with Crippen LogP contribution < -0.4 is 0 Å². The molecule has 0 aromatic heterocycles. The highest BCUT2D eigenvalue weighted by molar-refractivity contribution is 8.13. The highest BCUT2D eigenvalue weighted by Gasteiger charge is 2.42. The molecular weight excluding hydrogens is 342 g/mol. The van der Waals surface area contributed by atoms with Crippen LogP contribution >= 0.6 is 11.8 Å². The van der Waals surface area contributed by atoms with Crippen molar-refractivity contribution in [3.05, 3.63) is 29.8 Å². The normalized spacial score (nSPS) is 11.9. The molecule has 1 rings (SSSR count). The summed E-state index contributed by atoms with van der Waals surface area (Å²) in [5.74, 6) is -4.47. The Morgan fingerprint density at radius 3 is 2.05 bits per heavy atom. The van der Waals surface area contributed by atoms with Crippen molar-refractivity contribution in [2.24, 2.45) is 0 Å². The van der Waals surface area contributed by atoms with Gasteiger partial charge in [0.05, 0.1) is 5.56 Å². The molecule has 0 aliphatic carbocycles. The number of carbonyl (C=O) groups excluding carboxylic acids is 3. The van der Waals surface area contributed by atoms with E-state index in [1.54, 1.807) is 0 Å². The fourth-order valence-electron chi connectivity index (χ4n) is 1.05. The fourth-order valence-corrected chi connectivity index (χ4v) is 1.71. The molecule has 0 atom stereocenters.